The molecule has 0 saturated carbocycles. The summed E-state index contributed by atoms with van der Waals surface area (Å²) in [5.41, 5.74) is 0. The van der Waals surface area contributed by atoms with Crippen LogP contribution in [0, 0.1) is 0 Å². The summed E-state index contributed by atoms with van der Waals surface area (Å²) in [7, 11) is 0. The Morgan fingerprint density at radius 2 is 1.57 bits per heavy atom. The van der Waals surface area contributed by atoms with E-state index in [4.69, 9.17) is 9.47 Å². The van der Waals surface area contributed by atoms with E-state index in [-0.39, 0.29) is 5.97 Å². The van der Waals surface area contributed by atoms with E-state index in [9.17, 15) is 9.59 Å². The van der Waals surface area contributed by atoms with Crippen molar-refractivity contribution in [1.29, 1.82) is 0 Å². The second-order valence-electron chi connectivity index (χ2n) is 5.06. The molecule has 4 heteroatoms. The van der Waals surface area contributed by atoms with Gasteiger partial charge in [0.15, 0.2) is 0 Å². The summed E-state index contributed by atoms with van der Waals surface area (Å²) in [6, 6.07) is 6.55. The summed E-state index contributed by atoms with van der Waals surface area (Å²) in [5.74, 6) is 0.146. The number of ether oxygens (including phenoxy) is 2. The lowest BCUT2D eigenvalue weighted by atomic mass is 10.1. The number of rotatable bonds is 9. The molecule has 0 aliphatic heterocycles. The van der Waals surface area contributed by atoms with Gasteiger partial charge in [-0.3, -0.25) is 9.59 Å². The molecule has 0 N–H and O–H groups in total. The lowest BCUT2D eigenvalue weighted by molar-refractivity contribution is -0.134. The topological polar surface area (TPSA) is 52.6 Å². The molecule has 1 rings (SSSR count). The summed E-state index contributed by atoms with van der Waals surface area (Å²) in [6.07, 6.45) is 7.21. The maximum absolute atomic E-state index is 11.7. The van der Waals surface area contributed by atoms with Gasteiger partial charge in [0.2, 0.25) is 0 Å². The Morgan fingerprint density at radius 1 is 0.952 bits per heavy atom. The molecular formula is C17H24O4. The van der Waals surface area contributed by atoms with Gasteiger partial charge < -0.3 is 9.47 Å². The molecule has 116 valence electrons. The van der Waals surface area contributed by atoms with E-state index in [1.54, 1.807) is 24.3 Å². The first-order valence-electron chi connectivity index (χ1n) is 7.61. The van der Waals surface area contributed by atoms with Crippen molar-refractivity contribution in [2.24, 2.45) is 0 Å². The van der Waals surface area contributed by atoms with Crippen LogP contribution in [-0.4, -0.2) is 11.9 Å². The van der Waals surface area contributed by atoms with Gasteiger partial charge in [-0.2, -0.15) is 0 Å². The molecule has 0 aliphatic rings. The molecule has 4 nitrogen and oxygen atoms in total. The largest absolute Gasteiger partial charge is 0.427 e. The third-order valence-electron chi connectivity index (χ3n) is 3.03. The highest BCUT2D eigenvalue weighted by molar-refractivity contribution is 5.73. The predicted octanol–water partition coefficient (Wildman–Crippen LogP) is 4.27. The van der Waals surface area contributed by atoms with Crippen LogP contribution in [0.2, 0.25) is 0 Å². The zero-order valence-corrected chi connectivity index (χ0v) is 12.9. The number of benzene rings is 1. The summed E-state index contributed by atoms with van der Waals surface area (Å²) in [6.45, 7) is 3.51. The van der Waals surface area contributed by atoms with Crippen LogP contribution in [0.5, 0.6) is 11.5 Å². The highest BCUT2D eigenvalue weighted by Gasteiger charge is 2.06. The molecule has 1 aromatic carbocycles. The van der Waals surface area contributed by atoms with Crippen LogP contribution in [0.4, 0.5) is 0 Å². The predicted molar refractivity (Wildman–Crippen MR) is 81.4 cm³/mol. The molecule has 0 bridgehead atoms. The number of hydrogen-bond donors (Lipinski definition) is 0. The number of esters is 2. The van der Waals surface area contributed by atoms with Gasteiger partial charge in [-0.05, 0) is 18.6 Å². The van der Waals surface area contributed by atoms with Gasteiger partial charge in [0.25, 0.3) is 0 Å². The maximum atomic E-state index is 11.7. The van der Waals surface area contributed by atoms with Crippen molar-refractivity contribution in [3.63, 3.8) is 0 Å². The molecular weight excluding hydrogens is 268 g/mol. The molecule has 0 aliphatic carbocycles. The third-order valence-corrected chi connectivity index (χ3v) is 3.03. The van der Waals surface area contributed by atoms with Gasteiger partial charge in [-0.1, -0.05) is 45.1 Å². The number of carbonyl (C=O) groups excluding carboxylic acids is 2. The number of unbranched alkanes of at least 4 members (excludes halogenated alkanes) is 5. The standard InChI is InChI=1S/C17H24O4/c1-3-4-5-6-7-8-12-17(19)21-16-11-9-10-15(13-16)20-14(2)18/h9-11,13H,3-8,12H2,1-2H3. The Kier molecular flexibility index (Phi) is 8.17. The van der Waals surface area contributed by atoms with Crippen LogP contribution in [0.15, 0.2) is 24.3 Å². The maximum Gasteiger partial charge on any atom is 0.311 e. The minimum Gasteiger partial charge on any atom is -0.427 e. The SMILES string of the molecule is CCCCCCCCC(=O)Oc1cccc(OC(C)=O)c1. The second kappa shape index (κ2) is 9.97. The molecule has 21 heavy (non-hydrogen) atoms. The smallest absolute Gasteiger partial charge is 0.311 e. The average Bonchev–Trinajstić information content (AvgIpc) is 2.42. The second-order valence-corrected chi connectivity index (χ2v) is 5.06. The van der Waals surface area contributed by atoms with Gasteiger partial charge in [-0.25, -0.2) is 0 Å². The van der Waals surface area contributed by atoms with Gasteiger partial charge in [0, 0.05) is 19.4 Å². The van der Waals surface area contributed by atoms with E-state index >= 15 is 0 Å². The summed E-state index contributed by atoms with van der Waals surface area (Å²) in [4.78, 5) is 22.6. The Morgan fingerprint density at radius 3 is 2.24 bits per heavy atom. The van der Waals surface area contributed by atoms with Crippen LogP contribution >= 0.6 is 0 Å². The molecule has 0 heterocycles. The fraction of sp³-hybridized carbons (Fsp3) is 0.529. The average molecular weight is 292 g/mol. The Hall–Kier alpha value is -1.84. The van der Waals surface area contributed by atoms with E-state index in [0.717, 1.165) is 12.8 Å². The highest BCUT2D eigenvalue weighted by atomic mass is 16.5. The highest BCUT2D eigenvalue weighted by Crippen LogP contribution is 2.20. The molecule has 0 amide bonds. The first-order valence-corrected chi connectivity index (χ1v) is 7.61. The van der Waals surface area contributed by atoms with E-state index in [0.29, 0.717) is 17.9 Å². The molecule has 0 aromatic heterocycles. The van der Waals surface area contributed by atoms with Crippen LogP contribution in [0.3, 0.4) is 0 Å². The van der Waals surface area contributed by atoms with Crippen LogP contribution in [0.25, 0.3) is 0 Å². The van der Waals surface area contributed by atoms with E-state index in [1.165, 1.54) is 32.6 Å². The molecule has 0 fully saturated rings. The zero-order valence-electron chi connectivity index (χ0n) is 12.9. The lowest BCUT2D eigenvalue weighted by Crippen LogP contribution is -2.08. The third kappa shape index (κ3) is 8.12. The lowest BCUT2D eigenvalue weighted by Gasteiger charge is -2.06. The van der Waals surface area contributed by atoms with E-state index < -0.39 is 5.97 Å². The molecule has 0 radical (unpaired) electrons. The fourth-order valence-electron chi connectivity index (χ4n) is 2.00. The zero-order chi connectivity index (χ0) is 15.5. The van der Waals surface area contributed by atoms with Gasteiger partial charge in [0.05, 0.1) is 0 Å². The summed E-state index contributed by atoms with van der Waals surface area (Å²) >= 11 is 0. The van der Waals surface area contributed by atoms with E-state index in [1.807, 2.05) is 0 Å². The first kappa shape index (κ1) is 17.2. The Labute approximate surface area is 126 Å². The minimum absolute atomic E-state index is 0.245. The van der Waals surface area contributed by atoms with Crippen LogP contribution in [-0.2, 0) is 9.59 Å². The van der Waals surface area contributed by atoms with Gasteiger partial charge >= 0.3 is 11.9 Å². The van der Waals surface area contributed by atoms with Crippen LogP contribution in [0.1, 0.15) is 58.8 Å². The monoisotopic (exact) mass is 292 g/mol. The van der Waals surface area contributed by atoms with E-state index in [2.05, 4.69) is 6.92 Å². The minimum atomic E-state index is -0.398. The quantitative estimate of drug-likeness (QED) is 0.387. The summed E-state index contributed by atoms with van der Waals surface area (Å²) < 4.78 is 10.2. The normalized spacial score (nSPS) is 10.2. The number of hydrogen-bond acceptors (Lipinski definition) is 4. The molecule has 0 atom stereocenters. The van der Waals surface area contributed by atoms with Crippen molar-refractivity contribution in [3.05, 3.63) is 24.3 Å². The van der Waals surface area contributed by atoms with Crippen molar-refractivity contribution in [2.75, 3.05) is 0 Å². The first-order chi connectivity index (χ1) is 10.1. The van der Waals surface area contributed by atoms with Gasteiger partial charge in [-0.15, -0.1) is 0 Å². The summed E-state index contributed by atoms with van der Waals surface area (Å²) in [5, 5.41) is 0. The van der Waals surface area contributed by atoms with Crippen molar-refractivity contribution in [1.82, 2.24) is 0 Å². The molecule has 0 saturated heterocycles. The van der Waals surface area contributed by atoms with Gasteiger partial charge in [0.1, 0.15) is 11.5 Å². The Balaban J connectivity index is 2.29. The molecule has 0 unspecified atom stereocenters. The van der Waals surface area contributed by atoms with Crippen molar-refractivity contribution in [2.45, 2.75) is 58.8 Å². The van der Waals surface area contributed by atoms with Crippen molar-refractivity contribution in [3.8, 4) is 11.5 Å². The van der Waals surface area contributed by atoms with Crippen molar-refractivity contribution >= 4 is 11.9 Å². The van der Waals surface area contributed by atoms with Crippen molar-refractivity contribution < 1.29 is 19.1 Å². The van der Waals surface area contributed by atoms with Crippen LogP contribution < -0.4 is 9.47 Å². The molecule has 0 spiro atoms. The number of carbonyl (C=O) groups is 2. The molecule has 1 aromatic rings. The Bertz CT molecular complexity index is 454. The fourth-order valence-corrected chi connectivity index (χ4v) is 2.00.